The molecule has 1 amide bonds. The third-order valence-corrected chi connectivity index (χ3v) is 3.02. The zero-order valence-electron chi connectivity index (χ0n) is 9.00. The van der Waals surface area contributed by atoms with E-state index in [-0.39, 0.29) is 11.4 Å². The summed E-state index contributed by atoms with van der Waals surface area (Å²) in [7, 11) is 0. The molecule has 0 aliphatic carbocycles. The standard InChI is InChI=1S/C11H13BrN2O2/c1-11(5-6-16-7-11)14-10(15)8-3-2-4-9(12)13-8/h2-4H,5-7H2,1H3,(H,14,15). The van der Waals surface area contributed by atoms with Gasteiger partial charge in [-0.25, -0.2) is 4.98 Å². The average molecular weight is 285 g/mol. The van der Waals surface area contributed by atoms with Crippen molar-refractivity contribution >= 4 is 21.8 Å². The van der Waals surface area contributed by atoms with E-state index in [0.717, 1.165) is 6.42 Å². The maximum atomic E-state index is 11.9. The summed E-state index contributed by atoms with van der Waals surface area (Å²) in [5, 5.41) is 2.95. The minimum atomic E-state index is -0.263. The van der Waals surface area contributed by atoms with Crippen molar-refractivity contribution in [2.75, 3.05) is 13.2 Å². The average Bonchev–Trinajstić information content (AvgIpc) is 2.65. The molecule has 1 atom stereocenters. The van der Waals surface area contributed by atoms with Crippen LogP contribution in [0.25, 0.3) is 0 Å². The van der Waals surface area contributed by atoms with Crippen LogP contribution in [0.5, 0.6) is 0 Å². The quantitative estimate of drug-likeness (QED) is 0.842. The van der Waals surface area contributed by atoms with Crippen molar-refractivity contribution in [3.05, 3.63) is 28.5 Å². The van der Waals surface area contributed by atoms with Crippen molar-refractivity contribution in [2.24, 2.45) is 0 Å². The zero-order valence-corrected chi connectivity index (χ0v) is 10.6. The zero-order chi connectivity index (χ0) is 11.6. The Balaban J connectivity index is 2.08. The van der Waals surface area contributed by atoms with Gasteiger partial charge in [-0.2, -0.15) is 0 Å². The Bertz CT molecular complexity index is 403. The van der Waals surface area contributed by atoms with E-state index < -0.39 is 0 Å². The Labute approximate surface area is 103 Å². The molecule has 1 aromatic rings. The van der Waals surface area contributed by atoms with Crippen molar-refractivity contribution in [3.63, 3.8) is 0 Å². The second-order valence-corrected chi connectivity index (χ2v) is 4.98. The third-order valence-electron chi connectivity index (χ3n) is 2.58. The largest absolute Gasteiger partial charge is 0.379 e. The maximum absolute atomic E-state index is 11.9. The molecule has 0 radical (unpaired) electrons. The summed E-state index contributed by atoms with van der Waals surface area (Å²) in [4.78, 5) is 16.0. The van der Waals surface area contributed by atoms with E-state index >= 15 is 0 Å². The number of nitrogens with one attached hydrogen (secondary N) is 1. The van der Waals surface area contributed by atoms with Crippen molar-refractivity contribution in [1.29, 1.82) is 0 Å². The summed E-state index contributed by atoms with van der Waals surface area (Å²) in [6.07, 6.45) is 0.840. The van der Waals surface area contributed by atoms with Gasteiger partial charge in [0, 0.05) is 6.61 Å². The molecule has 16 heavy (non-hydrogen) atoms. The van der Waals surface area contributed by atoms with Gasteiger partial charge in [-0.1, -0.05) is 6.07 Å². The first-order valence-electron chi connectivity index (χ1n) is 5.12. The second-order valence-electron chi connectivity index (χ2n) is 4.16. The monoisotopic (exact) mass is 284 g/mol. The lowest BCUT2D eigenvalue weighted by atomic mass is 10.0. The van der Waals surface area contributed by atoms with Crippen LogP contribution in [0.2, 0.25) is 0 Å². The van der Waals surface area contributed by atoms with Crippen molar-refractivity contribution in [3.8, 4) is 0 Å². The molecule has 1 aromatic heterocycles. The highest BCUT2D eigenvalue weighted by Gasteiger charge is 2.31. The van der Waals surface area contributed by atoms with Gasteiger partial charge < -0.3 is 10.1 Å². The molecule has 1 unspecified atom stereocenters. The first-order chi connectivity index (χ1) is 7.59. The minimum Gasteiger partial charge on any atom is -0.379 e. The van der Waals surface area contributed by atoms with E-state index in [2.05, 4.69) is 26.2 Å². The Morgan fingerprint density at radius 2 is 2.44 bits per heavy atom. The lowest BCUT2D eigenvalue weighted by Gasteiger charge is -2.23. The lowest BCUT2D eigenvalue weighted by Crippen LogP contribution is -2.46. The molecule has 1 N–H and O–H groups in total. The molecule has 5 heteroatoms. The number of ether oxygens (including phenoxy) is 1. The fourth-order valence-corrected chi connectivity index (χ4v) is 1.98. The van der Waals surface area contributed by atoms with Crippen LogP contribution in [0.1, 0.15) is 23.8 Å². The van der Waals surface area contributed by atoms with Crippen LogP contribution in [0, 0.1) is 0 Å². The molecule has 1 saturated heterocycles. The third kappa shape index (κ3) is 2.59. The Morgan fingerprint density at radius 1 is 1.62 bits per heavy atom. The van der Waals surface area contributed by atoms with Gasteiger partial charge in [0.1, 0.15) is 10.3 Å². The van der Waals surface area contributed by atoms with Crippen molar-refractivity contribution < 1.29 is 9.53 Å². The van der Waals surface area contributed by atoms with Crippen LogP contribution in [-0.2, 0) is 4.74 Å². The van der Waals surface area contributed by atoms with Gasteiger partial charge in [0.25, 0.3) is 5.91 Å². The van der Waals surface area contributed by atoms with Crippen molar-refractivity contribution in [1.82, 2.24) is 10.3 Å². The molecule has 2 rings (SSSR count). The van der Waals surface area contributed by atoms with Crippen LogP contribution in [0.4, 0.5) is 0 Å². The van der Waals surface area contributed by atoms with Crippen LogP contribution in [0.15, 0.2) is 22.8 Å². The minimum absolute atomic E-state index is 0.158. The van der Waals surface area contributed by atoms with Gasteiger partial charge in [-0.05, 0) is 41.4 Å². The molecule has 2 heterocycles. The summed E-state index contributed by atoms with van der Waals surface area (Å²) < 4.78 is 5.94. The van der Waals surface area contributed by atoms with Gasteiger partial charge in [-0.3, -0.25) is 4.79 Å². The number of nitrogens with zero attached hydrogens (tertiary/aromatic N) is 1. The number of hydrogen-bond acceptors (Lipinski definition) is 3. The lowest BCUT2D eigenvalue weighted by molar-refractivity contribution is 0.0884. The molecule has 1 aliphatic rings. The van der Waals surface area contributed by atoms with Crippen LogP contribution in [-0.4, -0.2) is 29.6 Å². The molecule has 1 aliphatic heterocycles. The molecule has 0 bridgehead atoms. The number of aromatic nitrogens is 1. The van der Waals surface area contributed by atoms with Crippen LogP contribution >= 0.6 is 15.9 Å². The topological polar surface area (TPSA) is 51.2 Å². The molecular formula is C11H13BrN2O2. The molecule has 0 saturated carbocycles. The van der Waals surface area contributed by atoms with E-state index in [1.165, 1.54) is 0 Å². The number of rotatable bonds is 2. The van der Waals surface area contributed by atoms with Crippen LogP contribution in [0.3, 0.4) is 0 Å². The molecule has 86 valence electrons. The van der Waals surface area contributed by atoms with E-state index in [9.17, 15) is 4.79 Å². The number of amides is 1. The normalized spacial score (nSPS) is 24.4. The van der Waals surface area contributed by atoms with Gasteiger partial charge in [0.15, 0.2) is 0 Å². The van der Waals surface area contributed by atoms with Gasteiger partial charge in [-0.15, -0.1) is 0 Å². The highest BCUT2D eigenvalue weighted by molar-refractivity contribution is 9.10. The molecule has 0 aromatic carbocycles. The first kappa shape index (κ1) is 11.5. The van der Waals surface area contributed by atoms with Gasteiger partial charge in [0.05, 0.1) is 12.1 Å². The summed E-state index contributed by atoms with van der Waals surface area (Å²) in [5.74, 6) is -0.158. The predicted molar refractivity (Wildman–Crippen MR) is 63.2 cm³/mol. The fourth-order valence-electron chi connectivity index (χ4n) is 1.64. The number of halogens is 1. The SMILES string of the molecule is CC1(NC(=O)c2cccc(Br)n2)CCOC1. The second kappa shape index (κ2) is 4.51. The molecular weight excluding hydrogens is 272 g/mol. The van der Waals surface area contributed by atoms with Gasteiger partial charge in [0.2, 0.25) is 0 Å². The smallest absolute Gasteiger partial charge is 0.270 e. The maximum Gasteiger partial charge on any atom is 0.270 e. The highest BCUT2D eigenvalue weighted by atomic mass is 79.9. The molecule has 1 fully saturated rings. The van der Waals surface area contributed by atoms with E-state index in [4.69, 9.17) is 4.74 Å². The number of carbonyl (C=O) groups is 1. The molecule has 0 spiro atoms. The fraction of sp³-hybridized carbons (Fsp3) is 0.455. The van der Waals surface area contributed by atoms with E-state index in [0.29, 0.717) is 23.5 Å². The van der Waals surface area contributed by atoms with E-state index in [1.54, 1.807) is 18.2 Å². The predicted octanol–water partition coefficient (Wildman–Crippen LogP) is 1.75. The number of carbonyl (C=O) groups excluding carboxylic acids is 1. The van der Waals surface area contributed by atoms with Gasteiger partial charge >= 0.3 is 0 Å². The first-order valence-corrected chi connectivity index (χ1v) is 5.91. The van der Waals surface area contributed by atoms with Crippen LogP contribution < -0.4 is 5.32 Å². The Hall–Kier alpha value is -0.940. The summed E-state index contributed by atoms with van der Waals surface area (Å²) >= 11 is 3.24. The highest BCUT2D eigenvalue weighted by Crippen LogP contribution is 2.18. The summed E-state index contributed by atoms with van der Waals surface area (Å²) in [6, 6.07) is 5.27. The Kier molecular flexibility index (Phi) is 3.25. The Morgan fingerprint density at radius 3 is 3.06 bits per heavy atom. The van der Waals surface area contributed by atoms with E-state index in [1.807, 2.05) is 6.92 Å². The number of pyridine rings is 1. The summed E-state index contributed by atoms with van der Waals surface area (Å²) in [6.45, 7) is 3.24. The number of hydrogen-bond donors (Lipinski definition) is 1. The van der Waals surface area contributed by atoms with Crippen molar-refractivity contribution in [2.45, 2.75) is 18.9 Å². The molecule has 4 nitrogen and oxygen atoms in total. The summed E-state index contributed by atoms with van der Waals surface area (Å²) in [5.41, 5.74) is 0.156.